The Morgan fingerprint density at radius 1 is 1.13 bits per heavy atom. The average Bonchev–Trinajstić information content (AvgIpc) is 3.21. The summed E-state index contributed by atoms with van der Waals surface area (Å²) in [4.78, 5) is 36.6. The second-order valence-electron chi connectivity index (χ2n) is 8.22. The molecule has 0 aliphatic heterocycles. The molecule has 0 aromatic carbocycles. The number of hydrogen-bond donors (Lipinski definition) is 2. The normalized spacial score (nSPS) is 11.8. The van der Waals surface area contributed by atoms with Crippen LogP contribution in [0.4, 0.5) is 5.82 Å². The highest BCUT2D eigenvalue weighted by atomic mass is 16.2. The Balaban J connectivity index is 1.81. The van der Waals surface area contributed by atoms with Crippen LogP contribution in [0, 0.1) is 13.8 Å². The third kappa shape index (κ3) is 3.49. The lowest BCUT2D eigenvalue weighted by molar-refractivity contribution is 0.102. The Bertz CT molecular complexity index is 1320. The van der Waals surface area contributed by atoms with E-state index in [-0.39, 0.29) is 22.8 Å². The van der Waals surface area contributed by atoms with Gasteiger partial charge in [0.25, 0.3) is 11.5 Å². The third-order valence-electron chi connectivity index (χ3n) is 4.70. The standard InChI is InChI=1S/C21H23N7O2/c1-12-10-17(29)25-20(22-12)28-16(11-14(26-28)21(3,4)5)24-19(30)18-13(2)23-15-8-6-7-9-27(15)18/h6-11H,1-5H3,(H,24,30)(H,22,25,29). The lowest BCUT2D eigenvalue weighted by Crippen LogP contribution is -2.20. The van der Waals surface area contributed by atoms with Crippen LogP contribution in [0.5, 0.6) is 0 Å². The molecule has 9 nitrogen and oxygen atoms in total. The molecule has 0 fully saturated rings. The van der Waals surface area contributed by atoms with Gasteiger partial charge in [-0.25, -0.2) is 9.97 Å². The van der Waals surface area contributed by atoms with Crippen molar-refractivity contribution in [2.75, 3.05) is 5.32 Å². The summed E-state index contributed by atoms with van der Waals surface area (Å²) >= 11 is 0. The maximum Gasteiger partial charge on any atom is 0.275 e. The number of amides is 1. The van der Waals surface area contributed by atoms with E-state index in [0.717, 1.165) is 5.69 Å². The van der Waals surface area contributed by atoms with Crippen LogP contribution in [0.2, 0.25) is 0 Å². The number of H-pyrrole nitrogens is 1. The first-order valence-corrected chi connectivity index (χ1v) is 9.57. The van der Waals surface area contributed by atoms with Crippen LogP contribution in [-0.4, -0.2) is 35.0 Å². The molecule has 0 spiro atoms. The van der Waals surface area contributed by atoms with E-state index in [0.29, 0.717) is 28.5 Å². The third-order valence-corrected chi connectivity index (χ3v) is 4.70. The average molecular weight is 405 g/mol. The van der Waals surface area contributed by atoms with Gasteiger partial charge in [-0.15, -0.1) is 0 Å². The fourth-order valence-electron chi connectivity index (χ4n) is 3.22. The molecule has 4 heterocycles. The number of aromatic amines is 1. The molecule has 0 saturated heterocycles. The van der Waals surface area contributed by atoms with Gasteiger partial charge in [-0.1, -0.05) is 26.8 Å². The van der Waals surface area contributed by atoms with Gasteiger partial charge in [0.1, 0.15) is 17.2 Å². The Hall–Kier alpha value is -3.75. The van der Waals surface area contributed by atoms with Crippen molar-refractivity contribution < 1.29 is 4.79 Å². The van der Waals surface area contributed by atoms with Crippen LogP contribution in [0.15, 0.2) is 41.3 Å². The number of anilines is 1. The van der Waals surface area contributed by atoms with E-state index >= 15 is 0 Å². The first kappa shape index (κ1) is 19.6. The lowest BCUT2D eigenvalue weighted by atomic mass is 9.92. The Morgan fingerprint density at radius 3 is 2.60 bits per heavy atom. The van der Waals surface area contributed by atoms with Gasteiger partial charge in [-0.05, 0) is 26.0 Å². The first-order chi connectivity index (χ1) is 14.1. The topological polar surface area (TPSA) is 110 Å². The van der Waals surface area contributed by atoms with Gasteiger partial charge in [0.2, 0.25) is 5.95 Å². The van der Waals surface area contributed by atoms with E-state index in [9.17, 15) is 9.59 Å². The van der Waals surface area contributed by atoms with E-state index in [1.165, 1.54) is 10.7 Å². The van der Waals surface area contributed by atoms with Crippen LogP contribution < -0.4 is 10.9 Å². The van der Waals surface area contributed by atoms with Crippen molar-refractivity contribution in [1.29, 1.82) is 0 Å². The SMILES string of the molecule is Cc1cc(=O)[nH]c(-n2nc(C(C)(C)C)cc2NC(=O)c2c(C)nc3ccccn23)n1. The van der Waals surface area contributed by atoms with Crippen molar-refractivity contribution in [2.45, 2.75) is 40.0 Å². The van der Waals surface area contributed by atoms with Gasteiger partial charge in [-0.2, -0.15) is 9.78 Å². The molecule has 30 heavy (non-hydrogen) atoms. The van der Waals surface area contributed by atoms with Crippen molar-refractivity contribution in [3.63, 3.8) is 0 Å². The summed E-state index contributed by atoms with van der Waals surface area (Å²) in [7, 11) is 0. The first-order valence-electron chi connectivity index (χ1n) is 9.57. The van der Waals surface area contributed by atoms with Crippen molar-refractivity contribution in [1.82, 2.24) is 29.1 Å². The van der Waals surface area contributed by atoms with Crippen LogP contribution in [0.1, 0.15) is 48.3 Å². The molecule has 0 unspecified atom stereocenters. The number of nitrogens with zero attached hydrogens (tertiary/aromatic N) is 5. The molecule has 0 radical (unpaired) electrons. The quantitative estimate of drug-likeness (QED) is 0.545. The number of aromatic nitrogens is 6. The monoisotopic (exact) mass is 405 g/mol. The molecule has 0 aliphatic carbocycles. The number of carbonyl (C=O) groups is 1. The van der Waals surface area contributed by atoms with E-state index in [1.54, 1.807) is 30.5 Å². The van der Waals surface area contributed by atoms with Gasteiger partial charge in [0.15, 0.2) is 0 Å². The smallest absolute Gasteiger partial charge is 0.275 e. The highest BCUT2D eigenvalue weighted by Crippen LogP contribution is 2.26. The van der Waals surface area contributed by atoms with Gasteiger partial charge in [0.05, 0.1) is 11.4 Å². The zero-order chi connectivity index (χ0) is 21.6. The minimum Gasteiger partial charge on any atom is -0.305 e. The van der Waals surface area contributed by atoms with Crippen LogP contribution >= 0.6 is 0 Å². The van der Waals surface area contributed by atoms with Crippen LogP contribution in [0.3, 0.4) is 0 Å². The molecule has 0 saturated carbocycles. The highest BCUT2D eigenvalue weighted by Gasteiger charge is 2.24. The predicted molar refractivity (Wildman–Crippen MR) is 113 cm³/mol. The van der Waals surface area contributed by atoms with E-state index in [1.807, 2.05) is 39.0 Å². The number of pyridine rings is 1. The number of aryl methyl sites for hydroxylation is 2. The summed E-state index contributed by atoms with van der Waals surface area (Å²) in [5.41, 5.74) is 2.47. The molecule has 0 atom stereocenters. The molecule has 1 amide bonds. The summed E-state index contributed by atoms with van der Waals surface area (Å²) < 4.78 is 3.19. The van der Waals surface area contributed by atoms with Crippen molar-refractivity contribution in [3.8, 4) is 5.95 Å². The Labute approximate surface area is 172 Å². The van der Waals surface area contributed by atoms with E-state index in [4.69, 9.17) is 0 Å². The van der Waals surface area contributed by atoms with E-state index < -0.39 is 0 Å². The fourth-order valence-corrected chi connectivity index (χ4v) is 3.22. The molecule has 4 aromatic rings. The molecule has 9 heteroatoms. The maximum atomic E-state index is 13.2. The van der Waals surface area contributed by atoms with Crippen molar-refractivity contribution >= 4 is 17.4 Å². The van der Waals surface area contributed by atoms with Gasteiger partial charge in [-0.3, -0.25) is 19.0 Å². The summed E-state index contributed by atoms with van der Waals surface area (Å²) in [6, 6.07) is 8.74. The lowest BCUT2D eigenvalue weighted by Gasteiger charge is -2.13. The maximum absolute atomic E-state index is 13.2. The summed E-state index contributed by atoms with van der Waals surface area (Å²) in [6.07, 6.45) is 1.79. The highest BCUT2D eigenvalue weighted by molar-refractivity contribution is 6.04. The minimum atomic E-state index is -0.331. The number of hydrogen-bond acceptors (Lipinski definition) is 5. The molecule has 154 valence electrons. The number of fused-ring (bicyclic) bond motifs is 1. The molecular weight excluding hydrogens is 382 g/mol. The summed E-state index contributed by atoms with van der Waals surface area (Å²) in [6.45, 7) is 9.58. The number of carbonyl (C=O) groups excluding carboxylic acids is 1. The number of imidazole rings is 1. The molecular formula is C21H23N7O2. The largest absolute Gasteiger partial charge is 0.305 e. The fraction of sp³-hybridized carbons (Fsp3) is 0.286. The van der Waals surface area contributed by atoms with Gasteiger partial charge in [0, 0.05) is 29.4 Å². The van der Waals surface area contributed by atoms with Crippen LogP contribution in [-0.2, 0) is 5.41 Å². The zero-order valence-corrected chi connectivity index (χ0v) is 17.5. The predicted octanol–water partition coefficient (Wildman–Crippen LogP) is 2.77. The van der Waals surface area contributed by atoms with E-state index in [2.05, 4.69) is 25.4 Å². The minimum absolute atomic E-state index is 0.237. The van der Waals surface area contributed by atoms with Gasteiger partial charge >= 0.3 is 0 Å². The second-order valence-corrected chi connectivity index (χ2v) is 8.22. The summed E-state index contributed by atoms with van der Waals surface area (Å²) in [5, 5.41) is 7.51. The molecule has 4 rings (SSSR count). The van der Waals surface area contributed by atoms with Crippen molar-refractivity contribution in [3.05, 3.63) is 69.7 Å². The number of nitrogens with one attached hydrogen (secondary N) is 2. The molecule has 2 N–H and O–H groups in total. The number of rotatable bonds is 3. The van der Waals surface area contributed by atoms with Gasteiger partial charge < -0.3 is 5.32 Å². The molecule has 0 bridgehead atoms. The molecule has 4 aromatic heterocycles. The zero-order valence-electron chi connectivity index (χ0n) is 17.5. The van der Waals surface area contributed by atoms with Crippen molar-refractivity contribution in [2.24, 2.45) is 0 Å². The Kier molecular flexibility index (Phi) is 4.53. The Morgan fingerprint density at radius 2 is 1.90 bits per heavy atom. The summed E-state index contributed by atoms with van der Waals surface area (Å²) in [5.74, 6) is 0.312. The second kappa shape index (κ2) is 6.94. The molecule has 0 aliphatic rings. The van der Waals surface area contributed by atoms with Crippen LogP contribution in [0.25, 0.3) is 11.6 Å².